The molecule has 0 saturated carbocycles. The topological polar surface area (TPSA) is 63.9 Å². The molecule has 26 heavy (non-hydrogen) atoms. The van der Waals surface area contributed by atoms with E-state index in [0.29, 0.717) is 13.2 Å². The van der Waals surface area contributed by atoms with Crippen LogP contribution in [0.5, 0.6) is 0 Å². The van der Waals surface area contributed by atoms with Crippen LogP contribution in [0.1, 0.15) is 18.6 Å². The summed E-state index contributed by atoms with van der Waals surface area (Å²) in [5.74, 6) is 1.73. The third-order valence-electron chi connectivity index (χ3n) is 5.04. The number of furan rings is 1. The summed E-state index contributed by atoms with van der Waals surface area (Å²) in [4.78, 5) is 13.2. The van der Waals surface area contributed by atoms with Crippen LogP contribution in [0.15, 0.2) is 41.3 Å². The zero-order valence-corrected chi connectivity index (χ0v) is 15.2. The van der Waals surface area contributed by atoms with E-state index in [1.54, 1.807) is 18.7 Å². The Hall–Kier alpha value is -1.96. The summed E-state index contributed by atoms with van der Waals surface area (Å²) >= 11 is 0. The molecule has 7 nitrogen and oxygen atoms in total. The van der Waals surface area contributed by atoms with Crippen LogP contribution >= 0.6 is 0 Å². The Kier molecular flexibility index (Phi) is 5.19. The van der Waals surface area contributed by atoms with E-state index in [9.17, 15) is 0 Å². The van der Waals surface area contributed by atoms with E-state index in [1.807, 2.05) is 18.2 Å². The molecule has 4 heterocycles. The Balaban J connectivity index is 1.37. The first kappa shape index (κ1) is 17.5. The largest absolute Gasteiger partial charge is 0.468 e. The highest BCUT2D eigenvalue weighted by Gasteiger charge is 2.43. The predicted octanol–water partition coefficient (Wildman–Crippen LogP) is 1.96. The minimum atomic E-state index is -0.272. The number of aromatic nitrogens is 2. The van der Waals surface area contributed by atoms with Gasteiger partial charge in [-0.25, -0.2) is 9.97 Å². The van der Waals surface area contributed by atoms with E-state index < -0.39 is 0 Å². The maximum Gasteiger partial charge on any atom is 0.225 e. The quantitative estimate of drug-likeness (QED) is 0.809. The molecule has 2 atom stereocenters. The molecular formula is C19H26N4O3. The Morgan fingerprint density at radius 1 is 1.31 bits per heavy atom. The number of ether oxygens (including phenoxy) is 2. The van der Waals surface area contributed by atoms with Gasteiger partial charge in [0.05, 0.1) is 38.7 Å². The van der Waals surface area contributed by atoms with E-state index in [4.69, 9.17) is 13.9 Å². The summed E-state index contributed by atoms with van der Waals surface area (Å²) in [5, 5.41) is 0. The molecule has 0 N–H and O–H groups in total. The number of anilines is 1. The van der Waals surface area contributed by atoms with Crippen LogP contribution in [0.4, 0.5) is 5.95 Å². The molecule has 0 radical (unpaired) electrons. The zero-order chi connectivity index (χ0) is 17.8. The normalized spacial score (nSPS) is 26.5. The van der Waals surface area contributed by atoms with Gasteiger partial charge >= 0.3 is 0 Å². The second-order valence-electron chi connectivity index (χ2n) is 7.26. The minimum Gasteiger partial charge on any atom is -0.468 e. The zero-order valence-electron chi connectivity index (χ0n) is 15.2. The van der Waals surface area contributed by atoms with Crippen molar-refractivity contribution >= 4 is 5.95 Å². The smallest absolute Gasteiger partial charge is 0.225 e. The van der Waals surface area contributed by atoms with Crippen LogP contribution in [0.3, 0.4) is 0 Å². The first-order chi connectivity index (χ1) is 12.7. The standard InChI is InChI=1S/C19H26N4O3/c1-22(12-16-4-2-10-25-16)13-17-5-6-19(26-17)14-23(9-11-24-15-19)18-20-7-3-8-21-18/h2-4,7-8,10,17H,5-6,9,11-15H2,1H3/t17-,19+/m1/s1. The molecule has 0 bridgehead atoms. The Bertz CT molecular complexity index is 681. The van der Waals surface area contributed by atoms with Gasteiger partial charge in [-0.15, -0.1) is 0 Å². The van der Waals surface area contributed by atoms with Gasteiger partial charge in [0.25, 0.3) is 0 Å². The molecule has 2 aliphatic rings. The van der Waals surface area contributed by atoms with Crippen LogP contribution in [0, 0.1) is 0 Å². The van der Waals surface area contributed by atoms with Crippen molar-refractivity contribution in [2.24, 2.45) is 0 Å². The molecule has 0 aliphatic carbocycles. The van der Waals surface area contributed by atoms with E-state index in [0.717, 1.165) is 50.7 Å². The van der Waals surface area contributed by atoms with Crippen molar-refractivity contribution in [3.8, 4) is 0 Å². The van der Waals surface area contributed by atoms with Crippen LogP contribution < -0.4 is 4.90 Å². The molecule has 2 aromatic heterocycles. The minimum absolute atomic E-state index is 0.204. The van der Waals surface area contributed by atoms with Crippen LogP contribution in [-0.2, 0) is 16.0 Å². The molecule has 7 heteroatoms. The van der Waals surface area contributed by atoms with E-state index >= 15 is 0 Å². The van der Waals surface area contributed by atoms with Crippen LogP contribution in [-0.4, -0.2) is 66.5 Å². The van der Waals surface area contributed by atoms with Crippen molar-refractivity contribution < 1.29 is 13.9 Å². The summed E-state index contributed by atoms with van der Waals surface area (Å²) < 4.78 is 17.8. The van der Waals surface area contributed by atoms with Gasteiger partial charge in [-0.1, -0.05) is 0 Å². The Labute approximate surface area is 153 Å². The van der Waals surface area contributed by atoms with E-state index in [1.165, 1.54) is 0 Å². The Morgan fingerprint density at radius 2 is 2.19 bits per heavy atom. The number of rotatable bonds is 5. The molecule has 140 valence electrons. The summed E-state index contributed by atoms with van der Waals surface area (Å²) in [6.45, 7) is 4.54. The van der Waals surface area contributed by atoms with Crippen molar-refractivity contribution in [2.45, 2.75) is 31.1 Å². The van der Waals surface area contributed by atoms with Crippen molar-refractivity contribution in [1.29, 1.82) is 0 Å². The molecule has 2 aliphatic heterocycles. The van der Waals surface area contributed by atoms with Crippen molar-refractivity contribution in [3.63, 3.8) is 0 Å². The Morgan fingerprint density at radius 3 is 3.00 bits per heavy atom. The lowest BCUT2D eigenvalue weighted by atomic mass is 10.00. The lowest BCUT2D eigenvalue weighted by Gasteiger charge is -2.32. The highest BCUT2D eigenvalue weighted by atomic mass is 16.6. The highest BCUT2D eigenvalue weighted by Crippen LogP contribution is 2.34. The summed E-state index contributed by atoms with van der Waals surface area (Å²) in [7, 11) is 2.10. The van der Waals surface area contributed by atoms with Gasteiger partial charge in [0, 0.05) is 25.5 Å². The molecule has 0 amide bonds. The van der Waals surface area contributed by atoms with Crippen molar-refractivity contribution in [2.75, 3.05) is 44.8 Å². The van der Waals surface area contributed by atoms with Gasteiger partial charge < -0.3 is 18.8 Å². The van der Waals surface area contributed by atoms with E-state index in [-0.39, 0.29) is 11.7 Å². The molecule has 0 unspecified atom stereocenters. The molecule has 2 aromatic rings. The molecule has 1 spiro atoms. The van der Waals surface area contributed by atoms with E-state index in [2.05, 4.69) is 26.8 Å². The number of hydrogen-bond donors (Lipinski definition) is 0. The predicted molar refractivity (Wildman–Crippen MR) is 96.9 cm³/mol. The molecular weight excluding hydrogens is 332 g/mol. The number of hydrogen-bond acceptors (Lipinski definition) is 7. The summed E-state index contributed by atoms with van der Waals surface area (Å²) in [5.41, 5.74) is -0.272. The fraction of sp³-hybridized carbons (Fsp3) is 0.579. The lowest BCUT2D eigenvalue weighted by Crippen LogP contribution is -2.45. The number of likely N-dealkylation sites (N-methyl/N-ethyl adjacent to an activating group) is 1. The maximum absolute atomic E-state index is 6.52. The van der Waals surface area contributed by atoms with Crippen molar-refractivity contribution in [1.82, 2.24) is 14.9 Å². The molecule has 4 rings (SSSR count). The van der Waals surface area contributed by atoms with Gasteiger partial charge in [-0.05, 0) is 38.1 Å². The fourth-order valence-corrected chi connectivity index (χ4v) is 3.86. The van der Waals surface area contributed by atoms with Gasteiger partial charge in [0.15, 0.2) is 0 Å². The third-order valence-corrected chi connectivity index (χ3v) is 5.04. The van der Waals surface area contributed by atoms with Crippen LogP contribution in [0.25, 0.3) is 0 Å². The highest BCUT2D eigenvalue weighted by molar-refractivity contribution is 5.30. The maximum atomic E-state index is 6.52. The first-order valence-electron chi connectivity index (χ1n) is 9.21. The molecule has 2 fully saturated rings. The lowest BCUT2D eigenvalue weighted by molar-refractivity contribution is -0.0822. The molecule has 2 saturated heterocycles. The van der Waals surface area contributed by atoms with Gasteiger partial charge in [-0.3, -0.25) is 4.90 Å². The average Bonchev–Trinajstić information content (AvgIpc) is 3.23. The van der Waals surface area contributed by atoms with Gasteiger partial charge in [-0.2, -0.15) is 0 Å². The summed E-state index contributed by atoms with van der Waals surface area (Å²) in [6, 6.07) is 5.77. The third kappa shape index (κ3) is 4.06. The summed E-state index contributed by atoms with van der Waals surface area (Å²) in [6.07, 6.45) is 7.51. The average molecular weight is 358 g/mol. The van der Waals surface area contributed by atoms with Crippen molar-refractivity contribution in [3.05, 3.63) is 42.6 Å². The second-order valence-corrected chi connectivity index (χ2v) is 7.26. The van der Waals surface area contributed by atoms with Gasteiger partial charge in [0.2, 0.25) is 5.95 Å². The van der Waals surface area contributed by atoms with Gasteiger partial charge in [0.1, 0.15) is 11.4 Å². The first-order valence-corrected chi connectivity index (χ1v) is 9.21. The fourth-order valence-electron chi connectivity index (χ4n) is 3.86. The SMILES string of the molecule is CN(Cc1ccco1)C[C@H]1CC[C@]2(COCCN(c3ncccn3)C2)O1. The number of nitrogens with zero attached hydrogens (tertiary/aromatic N) is 4. The second kappa shape index (κ2) is 7.73. The molecule has 0 aromatic carbocycles. The van der Waals surface area contributed by atoms with Crippen LogP contribution in [0.2, 0.25) is 0 Å². The monoisotopic (exact) mass is 358 g/mol.